The zero-order valence-electron chi connectivity index (χ0n) is 7.73. The lowest BCUT2D eigenvalue weighted by atomic mass is 9.88. The van der Waals surface area contributed by atoms with Gasteiger partial charge < -0.3 is 14.2 Å². The van der Waals surface area contributed by atoms with Crippen LogP contribution in [0.1, 0.15) is 13.3 Å². The zero-order chi connectivity index (χ0) is 9.95. The summed E-state index contributed by atoms with van der Waals surface area (Å²) < 4.78 is 21.6. The molecule has 13 heavy (non-hydrogen) atoms. The molecule has 0 spiro atoms. The Morgan fingerprint density at radius 2 is 2.15 bits per heavy atom. The molecule has 0 aliphatic carbocycles. The average molecular weight is 206 g/mol. The second-order valence-electron chi connectivity index (χ2n) is 3.28. The molecule has 0 aromatic carbocycles. The van der Waals surface area contributed by atoms with Crippen LogP contribution in [0.3, 0.4) is 0 Å². The van der Waals surface area contributed by atoms with Gasteiger partial charge in [0.25, 0.3) is 0 Å². The van der Waals surface area contributed by atoms with E-state index >= 15 is 0 Å². The van der Waals surface area contributed by atoms with Crippen LogP contribution in [0.5, 0.6) is 0 Å². The lowest BCUT2D eigenvalue weighted by Gasteiger charge is -2.36. The summed E-state index contributed by atoms with van der Waals surface area (Å²) in [5.41, 5.74) is -0.392. The fraction of sp³-hybridized carbons (Fsp3) is 0.750. The molecule has 5 heteroatoms. The van der Waals surface area contributed by atoms with E-state index in [1.54, 1.807) is 0 Å². The van der Waals surface area contributed by atoms with E-state index in [1.807, 2.05) is 6.92 Å². The number of hydrogen-bond acceptors (Lipinski definition) is 4. The smallest absolute Gasteiger partial charge is 0.353 e. The topological polar surface area (TPSA) is 55.8 Å². The highest BCUT2D eigenvalue weighted by Gasteiger charge is 2.39. The van der Waals surface area contributed by atoms with Crippen molar-refractivity contribution in [3.05, 3.63) is 12.4 Å². The van der Waals surface area contributed by atoms with Gasteiger partial charge in [-0.2, -0.15) is 0 Å². The van der Waals surface area contributed by atoms with Gasteiger partial charge in [0.2, 0.25) is 0 Å². The third-order valence-electron chi connectivity index (χ3n) is 2.41. The van der Waals surface area contributed by atoms with Gasteiger partial charge in [-0.15, -0.1) is 0 Å². The van der Waals surface area contributed by atoms with E-state index in [0.29, 0.717) is 0 Å². The highest BCUT2D eigenvalue weighted by Crippen LogP contribution is 2.54. The van der Waals surface area contributed by atoms with Gasteiger partial charge in [0.1, 0.15) is 0 Å². The number of rotatable bonds is 3. The Hall–Kier alpha value is -0.150. The van der Waals surface area contributed by atoms with Crippen LogP contribution in [0.2, 0.25) is 0 Å². The third-order valence-corrected chi connectivity index (χ3v) is 3.84. The summed E-state index contributed by atoms with van der Waals surface area (Å²) in [6.45, 7) is 5.84. The molecule has 0 unspecified atom stereocenters. The first-order valence-corrected chi connectivity index (χ1v) is 5.84. The first-order chi connectivity index (χ1) is 6.10. The molecule has 0 aromatic heterocycles. The second-order valence-corrected chi connectivity index (χ2v) is 5.24. The van der Waals surface area contributed by atoms with Crippen LogP contribution in [0.4, 0.5) is 0 Å². The Bertz CT molecular complexity index is 220. The molecule has 4 nitrogen and oxygen atoms in total. The van der Waals surface area contributed by atoms with Crippen LogP contribution in [-0.2, 0) is 13.6 Å². The van der Waals surface area contributed by atoms with Crippen LogP contribution >= 0.6 is 7.60 Å². The Kier molecular flexibility index (Phi) is 3.30. The molecule has 0 aromatic rings. The van der Waals surface area contributed by atoms with E-state index in [1.165, 1.54) is 5.82 Å². The van der Waals surface area contributed by atoms with Gasteiger partial charge in [-0.3, -0.25) is 4.57 Å². The van der Waals surface area contributed by atoms with Crippen LogP contribution in [0, 0.1) is 5.41 Å². The standard InChI is InChI=1S/C8H15O4P/c1-3-8(5-9)6-11-13(10,4-2)12-7-8/h4,9H,2-3,5-7H2,1H3. The summed E-state index contributed by atoms with van der Waals surface area (Å²) in [5.74, 6) is 1.20. The van der Waals surface area contributed by atoms with Crippen molar-refractivity contribution < 1.29 is 18.7 Å². The molecule has 0 saturated carbocycles. The maximum Gasteiger partial charge on any atom is 0.353 e. The van der Waals surface area contributed by atoms with Gasteiger partial charge in [-0.25, -0.2) is 0 Å². The van der Waals surface area contributed by atoms with Gasteiger partial charge in [0, 0.05) is 11.2 Å². The molecule has 1 fully saturated rings. The van der Waals surface area contributed by atoms with Crippen molar-refractivity contribution in [3.63, 3.8) is 0 Å². The molecule has 1 heterocycles. The normalized spacial score (nSPS) is 40.2. The summed E-state index contributed by atoms with van der Waals surface area (Å²) in [4.78, 5) is 0. The van der Waals surface area contributed by atoms with Crippen molar-refractivity contribution >= 4 is 7.60 Å². The number of hydrogen-bond donors (Lipinski definition) is 1. The van der Waals surface area contributed by atoms with Crippen LogP contribution < -0.4 is 0 Å². The molecule has 0 amide bonds. The van der Waals surface area contributed by atoms with E-state index in [4.69, 9.17) is 14.2 Å². The monoisotopic (exact) mass is 206 g/mol. The summed E-state index contributed by atoms with van der Waals surface area (Å²) in [6.07, 6.45) is 0.737. The van der Waals surface area contributed by atoms with Crippen molar-refractivity contribution in [2.75, 3.05) is 19.8 Å². The van der Waals surface area contributed by atoms with Gasteiger partial charge >= 0.3 is 7.60 Å². The summed E-state index contributed by atoms with van der Waals surface area (Å²) >= 11 is 0. The van der Waals surface area contributed by atoms with Crippen molar-refractivity contribution in [2.45, 2.75) is 13.3 Å². The molecule has 0 bridgehead atoms. The maximum absolute atomic E-state index is 11.5. The molecule has 76 valence electrons. The van der Waals surface area contributed by atoms with Crippen molar-refractivity contribution in [3.8, 4) is 0 Å². The quantitative estimate of drug-likeness (QED) is 0.715. The minimum Gasteiger partial charge on any atom is -0.396 e. The molecule has 0 radical (unpaired) electrons. The molecule has 1 rings (SSSR count). The van der Waals surface area contributed by atoms with Crippen LogP contribution in [0.25, 0.3) is 0 Å². The lowest BCUT2D eigenvalue weighted by Crippen LogP contribution is -2.37. The fourth-order valence-corrected chi connectivity index (χ4v) is 2.24. The molecule has 1 saturated heterocycles. The molecular formula is C8H15O4P. The highest BCUT2D eigenvalue weighted by atomic mass is 31.2. The molecule has 1 aliphatic rings. The van der Waals surface area contributed by atoms with Gasteiger partial charge in [0.15, 0.2) is 0 Å². The van der Waals surface area contributed by atoms with E-state index < -0.39 is 13.0 Å². The third kappa shape index (κ3) is 2.20. The van der Waals surface area contributed by atoms with Gasteiger partial charge in [-0.1, -0.05) is 13.5 Å². The first kappa shape index (κ1) is 10.9. The average Bonchev–Trinajstić information content (AvgIpc) is 2.20. The predicted molar refractivity (Wildman–Crippen MR) is 49.5 cm³/mol. The van der Waals surface area contributed by atoms with Gasteiger partial charge in [0.05, 0.1) is 19.8 Å². The highest BCUT2D eigenvalue weighted by molar-refractivity contribution is 7.57. The Morgan fingerprint density at radius 3 is 2.46 bits per heavy atom. The number of aliphatic hydroxyl groups is 1. The maximum atomic E-state index is 11.5. The Balaban J connectivity index is 2.65. The molecule has 0 atom stereocenters. The van der Waals surface area contributed by atoms with E-state index in [0.717, 1.165) is 6.42 Å². The Labute approximate surface area is 78.1 Å². The summed E-state index contributed by atoms with van der Waals surface area (Å²) in [7, 11) is -3.05. The van der Waals surface area contributed by atoms with E-state index in [2.05, 4.69) is 6.58 Å². The largest absolute Gasteiger partial charge is 0.396 e. The summed E-state index contributed by atoms with van der Waals surface area (Å²) in [5, 5.41) is 9.11. The van der Waals surface area contributed by atoms with E-state index in [-0.39, 0.29) is 19.8 Å². The van der Waals surface area contributed by atoms with Crippen molar-refractivity contribution in [1.82, 2.24) is 0 Å². The van der Waals surface area contributed by atoms with Crippen LogP contribution in [0.15, 0.2) is 12.4 Å². The molecule has 1 aliphatic heterocycles. The fourth-order valence-electron chi connectivity index (χ4n) is 1.05. The molecular weight excluding hydrogens is 191 g/mol. The zero-order valence-corrected chi connectivity index (χ0v) is 8.63. The Morgan fingerprint density at radius 1 is 1.62 bits per heavy atom. The van der Waals surface area contributed by atoms with Crippen molar-refractivity contribution in [2.24, 2.45) is 5.41 Å². The first-order valence-electron chi connectivity index (χ1n) is 4.23. The second kappa shape index (κ2) is 3.93. The van der Waals surface area contributed by atoms with Gasteiger partial charge in [-0.05, 0) is 6.42 Å². The summed E-state index contributed by atoms with van der Waals surface area (Å²) in [6, 6.07) is 0. The number of aliphatic hydroxyl groups excluding tert-OH is 1. The predicted octanol–water partition coefficient (Wildman–Crippen LogP) is 1.76. The van der Waals surface area contributed by atoms with Crippen LogP contribution in [-0.4, -0.2) is 24.9 Å². The lowest BCUT2D eigenvalue weighted by molar-refractivity contribution is -0.0200. The minimum absolute atomic E-state index is 0.0133. The van der Waals surface area contributed by atoms with E-state index in [9.17, 15) is 4.57 Å². The SMILES string of the molecule is C=CP1(=O)OCC(CC)(CO)CO1. The minimum atomic E-state index is -3.05. The molecule has 1 N–H and O–H groups in total. The van der Waals surface area contributed by atoms with Crippen molar-refractivity contribution in [1.29, 1.82) is 0 Å².